The molecular formula is C22H21F3N4O2S. The third kappa shape index (κ3) is 5.01. The Morgan fingerprint density at radius 3 is 2.31 bits per heavy atom. The Hall–Kier alpha value is -3.14. The molecule has 0 spiro atoms. The summed E-state index contributed by atoms with van der Waals surface area (Å²) in [5.74, 6) is 0.801. The molecule has 1 N–H and O–H groups in total. The zero-order valence-corrected chi connectivity index (χ0v) is 17.8. The van der Waals surface area contributed by atoms with Crippen LogP contribution in [-0.4, -0.2) is 31.7 Å². The molecule has 4 rings (SSSR count). The van der Waals surface area contributed by atoms with E-state index in [1.54, 1.807) is 18.2 Å². The molecule has 2 heterocycles. The Morgan fingerprint density at radius 2 is 1.62 bits per heavy atom. The molecule has 0 bridgehead atoms. The third-order valence-electron chi connectivity index (χ3n) is 5.21. The van der Waals surface area contributed by atoms with Crippen LogP contribution in [0.3, 0.4) is 0 Å². The number of alkyl halides is 3. The van der Waals surface area contributed by atoms with E-state index >= 15 is 0 Å². The Morgan fingerprint density at radius 1 is 0.875 bits per heavy atom. The smallest absolute Gasteiger partial charge is 0.355 e. The second-order valence-electron chi connectivity index (χ2n) is 7.54. The largest absolute Gasteiger partial charge is 0.416 e. The lowest BCUT2D eigenvalue weighted by atomic mass is 10.1. The highest BCUT2D eigenvalue weighted by Gasteiger charge is 2.31. The van der Waals surface area contributed by atoms with Crippen molar-refractivity contribution in [1.29, 1.82) is 0 Å². The molecule has 0 unspecified atom stereocenters. The first kappa shape index (κ1) is 22.1. The monoisotopic (exact) mass is 462 g/mol. The van der Waals surface area contributed by atoms with Gasteiger partial charge in [0.1, 0.15) is 0 Å². The second-order valence-corrected chi connectivity index (χ2v) is 9.22. The molecule has 1 aromatic heterocycles. The predicted octanol–water partition coefficient (Wildman–Crippen LogP) is 4.95. The molecule has 0 radical (unpaired) electrons. The lowest BCUT2D eigenvalue weighted by molar-refractivity contribution is -0.137. The lowest BCUT2D eigenvalue weighted by Crippen LogP contribution is -2.30. The number of anilines is 2. The van der Waals surface area contributed by atoms with Gasteiger partial charge in [-0.1, -0.05) is 18.2 Å². The van der Waals surface area contributed by atoms with E-state index in [1.807, 2.05) is 12.1 Å². The molecule has 32 heavy (non-hydrogen) atoms. The summed E-state index contributed by atoms with van der Waals surface area (Å²) in [5, 5.41) is 8.56. The van der Waals surface area contributed by atoms with E-state index in [2.05, 4.69) is 19.8 Å². The quantitative estimate of drug-likeness (QED) is 0.581. The molecule has 0 atom stereocenters. The van der Waals surface area contributed by atoms with Crippen LogP contribution in [0.1, 0.15) is 24.8 Å². The van der Waals surface area contributed by atoms with E-state index in [-0.39, 0.29) is 5.69 Å². The van der Waals surface area contributed by atoms with Crippen molar-refractivity contribution in [2.24, 2.45) is 0 Å². The average Bonchev–Trinajstić information content (AvgIpc) is 2.79. The molecule has 1 saturated heterocycles. The van der Waals surface area contributed by atoms with Crippen LogP contribution in [0, 0.1) is 0 Å². The Bertz CT molecular complexity index is 1190. The Labute approximate surface area is 184 Å². The van der Waals surface area contributed by atoms with Crippen molar-refractivity contribution >= 4 is 21.5 Å². The van der Waals surface area contributed by atoms with E-state index in [1.165, 1.54) is 12.5 Å². The van der Waals surface area contributed by atoms with Gasteiger partial charge in [0, 0.05) is 24.3 Å². The number of rotatable bonds is 5. The molecule has 3 aromatic rings. The first-order chi connectivity index (χ1) is 15.2. The van der Waals surface area contributed by atoms with Crippen LogP contribution in [0.2, 0.25) is 0 Å². The Kier molecular flexibility index (Phi) is 6.05. The van der Waals surface area contributed by atoms with Crippen LogP contribution < -0.4 is 9.62 Å². The van der Waals surface area contributed by atoms with Gasteiger partial charge in [0.05, 0.1) is 16.2 Å². The van der Waals surface area contributed by atoms with Gasteiger partial charge >= 0.3 is 6.18 Å². The fourth-order valence-corrected chi connectivity index (χ4v) is 4.66. The first-order valence-corrected chi connectivity index (χ1v) is 11.6. The minimum absolute atomic E-state index is 0.210. The molecule has 1 fully saturated rings. The highest BCUT2D eigenvalue weighted by molar-refractivity contribution is 7.92. The zero-order valence-electron chi connectivity index (χ0n) is 17.0. The van der Waals surface area contributed by atoms with Crippen molar-refractivity contribution in [1.82, 2.24) is 10.2 Å². The summed E-state index contributed by atoms with van der Waals surface area (Å²) in [6.45, 7) is 1.89. The van der Waals surface area contributed by atoms with Crippen LogP contribution in [0.15, 0.2) is 65.6 Å². The van der Waals surface area contributed by atoms with Gasteiger partial charge in [-0.25, -0.2) is 8.42 Å². The number of halogens is 3. The zero-order chi connectivity index (χ0) is 22.8. The molecule has 0 saturated carbocycles. The van der Waals surface area contributed by atoms with E-state index < -0.39 is 26.7 Å². The summed E-state index contributed by atoms with van der Waals surface area (Å²) in [7, 11) is -4.21. The molecule has 0 amide bonds. The van der Waals surface area contributed by atoms with Gasteiger partial charge in [0.25, 0.3) is 10.0 Å². The minimum Gasteiger partial charge on any atom is -0.355 e. The van der Waals surface area contributed by atoms with Crippen LogP contribution in [0.4, 0.5) is 24.7 Å². The number of nitrogens with one attached hydrogen (secondary N) is 1. The van der Waals surface area contributed by atoms with Gasteiger partial charge < -0.3 is 4.90 Å². The van der Waals surface area contributed by atoms with Crippen molar-refractivity contribution in [3.05, 3.63) is 66.2 Å². The van der Waals surface area contributed by atoms with E-state index in [0.717, 1.165) is 49.9 Å². The number of sulfonamides is 1. The summed E-state index contributed by atoms with van der Waals surface area (Å²) in [5.41, 5.74) is 0.373. The maximum atomic E-state index is 12.9. The summed E-state index contributed by atoms with van der Waals surface area (Å²) in [6, 6.07) is 13.8. The molecule has 6 nitrogen and oxygen atoms in total. The van der Waals surface area contributed by atoms with Gasteiger partial charge in [-0.3, -0.25) is 4.72 Å². The maximum absolute atomic E-state index is 12.9. The molecule has 168 valence electrons. The van der Waals surface area contributed by atoms with Gasteiger partial charge in [-0.15, -0.1) is 10.2 Å². The molecule has 0 aliphatic carbocycles. The maximum Gasteiger partial charge on any atom is 0.416 e. The van der Waals surface area contributed by atoms with Gasteiger partial charge in [0.2, 0.25) is 0 Å². The molecule has 2 aromatic carbocycles. The van der Waals surface area contributed by atoms with Gasteiger partial charge in [-0.05, 0) is 61.7 Å². The van der Waals surface area contributed by atoms with Crippen molar-refractivity contribution < 1.29 is 21.6 Å². The number of piperidine rings is 1. The van der Waals surface area contributed by atoms with Crippen LogP contribution in [0.5, 0.6) is 0 Å². The highest BCUT2D eigenvalue weighted by Crippen LogP contribution is 2.31. The first-order valence-electron chi connectivity index (χ1n) is 10.1. The predicted molar refractivity (Wildman–Crippen MR) is 116 cm³/mol. The number of hydrogen-bond donors (Lipinski definition) is 1. The fourth-order valence-electron chi connectivity index (χ4n) is 3.57. The minimum atomic E-state index is -4.63. The number of aromatic nitrogens is 2. The molecule has 1 aliphatic heterocycles. The van der Waals surface area contributed by atoms with Gasteiger partial charge in [0.15, 0.2) is 5.82 Å². The van der Waals surface area contributed by atoms with E-state index in [4.69, 9.17) is 0 Å². The van der Waals surface area contributed by atoms with E-state index in [9.17, 15) is 21.6 Å². The van der Waals surface area contributed by atoms with E-state index in [0.29, 0.717) is 17.3 Å². The fraction of sp³-hybridized carbons (Fsp3) is 0.273. The molecule has 1 aliphatic rings. The summed E-state index contributed by atoms with van der Waals surface area (Å²) < 4.78 is 66.4. The Balaban J connectivity index is 1.54. The number of benzene rings is 2. The normalized spacial score (nSPS) is 14.9. The topological polar surface area (TPSA) is 75.2 Å². The third-order valence-corrected chi connectivity index (χ3v) is 6.59. The lowest BCUT2D eigenvalue weighted by Gasteiger charge is -2.27. The summed E-state index contributed by atoms with van der Waals surface area (Å²) in [4.78, 5) is 1.71. The molecule has 10 heteroatoms. The van der Waals surface area contributed by atoms with Crippen LogP contribution in [-0.2, 0) is 16.2 Å². The van der Waals surface area contributed by atoms with Crippen molar-refractivity contribution in [3.63, 3.8) is 0 Å². The second kappa shape index (κ2) is 8.78. The summed E-state index contributed by atoms with van der Waals surface area (Å²) >= 11 is 0. The van der Waals surface area contributed by atoms with Crippen LogP contribution in [0.25, 0.3) is 11.3 Å². The van der Waals surface area contributed by atoms with Gasteiger partial charge in [-0.2, -0.15) is 13.2 Å². The number of nitrogens with zero attached hydrogens (tertiary/aromatic N) is 3. The average molecular weight is 462 g/mol. The standard InChI is InChI=1S/C22H21F3N4O2S/c23-22(24,25)17-7-5-9-19(15-17)32(30,31)28-18-8-4-6-16(14-18)20-10-11-21(27-26-20)29-12-2-1-3-13-29/h4-11,14-15,28H,1-3,12-13H2. The SMILES string of the molecule is O=S(=O)(Nc1cccc(-c2ccc(N3CCCCC3)nn2)c1)c1cccc(C(F)(F)F)c1. The highest BCUT2D eigenvalue weighted by atomic mass is 32.2. The summed E-state index contributed by atoms with van der Waals surface area (Å²) in [6.07, 6.45) is -1.18. The molecular weight excluding hydrogens is 441 g/mol. The number of hydrogen-bond acceptors (Lipinski definition) is 5. The van der Waals surface area contributed by atoms with Crippen LogP contribution >= 0.6 is 0 Å². The van der Waals surface area contributed by atoms with Crippen molar-refractivity contribution in [3.8, 4) is 11.3 Å². The van der Waals surface area contributed by atoms with Crippen molar-refractivity contribution in [2.75, 3.05) is 22.7 Å². The van der Waals surface area contributed by atoms with Crippen molar-refractivity contribution in [2.45, 2.75) is 30.3 Å².